The molecule has 3 aromatic rings. The second-order valence-corrected chi connectivity index (χ2v) is 7.71. The highest BCUT2D eigenvalue weighted by molar-refractivity contribution is 6.24. The maximum Gasteiger partial charge on any atom is 0.254 e. The Hall–Kier alpha value is -2.82. The maximum atomic E-state index is 13.5. The van der Waals surface area contributed by atoms with E-state index < -0.39 is 0 Å². The third-order valence-electron chi connectivity index (χ3n) is 5.12. The lowest BCUT2D eigenvalue weighted by molar-refractivity contribution is -0.126. The molecule has 0 atom stereocenters. The van der Waals surface area contributed by atoms with E-state index >= 15 is 0 Å². The van der Waals surface area contributed by atoms with Crippen molar-refractivity contribution in [2.75, 3.05) is 20.6 Å². The molecule has 4 rings (SSSR count). The van der Waals surface area contributed by atoms with Crippen LogP contribution in [0.1, 0.15) is 28.2 Å². The van der Waals surface area contributed by atoms with Crippen LogP contribution in [0.25, 0.3) is 11.6 Å². The lowest BCUT2D eigenvalue weighted by Gasteiger charge is -2.27. The zero-order valence-electron chi connectivity index (χ0n) is 17.4. The van der Waals surface area contributed by atoms with Crippen molar-refractivity contribution in [3.63, 3.8) is 0 Å². The number of halogens is 1. The molecule has 0 spiro atoms. The predicted molar refractivity (Wildman–Crippen MR) is 123 cm³/mol. The van der Waals surface area contributed by atoms with Crippen LogP contribution in [0.5, 0.6) is 0 Å². The smallest absolute Gasteiger partial charge is 0.254 e. The van der Waals surface area contributed by atoms with Crippen LogP contribution in [0.3, 0.4) is 0 Å². The SMILES string of the molecule is CN(C)Cc1cc2c(o1)CN(C(=O)/C(=C/c1ccccc1)c1ccccc1)CC2.Cl. The molecule has 0 saturated carbocycles. The Morgan fingerprint density at radius 2 is 1.73 bits per heavy atom. The van der Waals surface area contributed by atoms with E-state index in [9.17, 15) is 4.79 Å². The van der Waals surface area contributed by atoms with E-state index in [1.807, 2.05) is 85.7 Å². The summed E-state index contributed by atoms with van der Waals surface area (Å²) in [6.45, 7) is 1.98. The van der Waals surface area contributed by atoms with Crippen molar-refractivity contribution >= 4 is 30.0 Å². The van der Waals surface area contributed by atoms with Crippen molar-refractivity contribution in [1.29, 1.82) is 0 Å². The Morgan fingerprint density at radius 1 is 1.07 bits per heavy atom. The van der Waals surface area contributed by atoms with E-state index in [1.165, 1.54) is 5.56 Å². The molecule has 2 heterocycles. The molecule has 1 aliphatic rings. The molecule has 0 saturated heterocycles. The van der Waals surface area contributed by atoms with Crippen molar-refractivity contribution in [2.24, 2.45) is 0 Å². The quantitative estimate of drug-likeness (QED) is 0.434. The number of benzene rings is 2. The van der Waals surface area contributed by atoms with Crippen molar-refractivity contribution < 1.29 is 9.21 Å². The number of hydrogen-bond acceptors (Lipinski definition) is 3. The number of amides is 1. The first-order chi connectivity index (χ1) is 14.1. The number of furan rings is 1. The van der Waals surface area contributed by atoms with Crippen molar-refractivity contribution in [1.82, 2.24) is 9.80 Å². The summed E-state index contributed by atoms with van der Waals surface area (Å²) in [5.74, 6) is 1.90. The summed E-state index contributed by atoms with van der Waals surface area (Å²) in [7, 11) is 4.05. The van der Waals surface area contributed by atoms with Gasteiger partial charge < -0.3 is 14.2 Å². The molecular weight excluding hydrogens is 396 g/mol. The van der Waals surface area contributed by atoms with Gasteiger partial charge in [-0.2, -0.15) is 0 Å². The molecular formula is C25H27ClN2O2. The van der Waals surface area contributed by atoms with Gasteiger partial charge in [0.25, 0.3) is 5.91 Å². The van der Waals surface area contributed by atoms with Crippen LogP contribution in [0.15, 0.2) is 71.1 Å². The topological polar surface area (TPSA) is 36.7 Å². The fourth-order valence-electron chi connectivity index (χ4n) is 3.72. The minimum Gasteiger partial charge on any atom is -0.463 e. The standard InChI is InChI=1S/C25H26N2O2.ClH/c1-26(2)17-22-16-21-13-14-27(18-24(21)29-22)25(28)23(20-11-7-4-8-12-20)15-19-9-5-3-6-10-19;/h3-12,15-16H,13-14,17-18H2,1-2H3;1H/b23-15+;. The number of carbonyl (C=O) groups is 1. The first-order valence-corrected chi connectivity index (χ1v) is 9.97. The van der Waals surface area contributed by atoms with Crippen LogP contribution >= 0.6 is 12.4 Å². The molecule has 0 aliphatic carbocycles. The summed E-state index contributed by atoms with van der Waals surface area (Å²) in [5.41, 5.74) is 3.88. The van der Waals surface area contributed by atoms with Gasteiger partial charge in [-0.25, -0.2) is 0 Å². The summed E-state index contributed by atoms with van der Waals surface area (Å²) in [4.78, 5) is 17.5. The fourth-order valence-corrected chi connectivity index (χ4v) is 3.72. The van der Waals surface area contributed by atoms with Crippen molar-refractivity contribution in [3.8, 4) is 0 Å². The largest absolute Gasteiger partial charge is 0.463 e. The maximum absolute atomic E-state index is 13.5. The number of rotatable bonds is 5. The van der Waals surface area contributed by atoms with Crippen LogP contribution in [-0.2, 0) is 24.3 Å². The monoisotopic (exact) mass is 422 g/mol. The Balaban J connectivity index is 0.00000256. The van der Waals surface area contributed by atoms with Gasteiger partial charge in [0.1, 0.15) is 11.5 Å². The van der Waals surface area contributed by atoms with Gasteiger partial charge in [-0.1, -0.05) is 60.7 Å². The summed E-state index contributed by atoms with van der Waals surface area (Å²) in [6.07, 6.45) is 2.80. The minimum atomic E-state index is 0. The number of fused-ring (bicyclic) bond motifs is 1. The molecule has 1 amide bonds. The van der Waals surface area contributed by atoms with E-state index in [-0.39, 0.29) is 18.3 Å². The van der Waals surface area contributed by atoms with Gasteiger partial charge in [0.2, 0.25) is 0 Å². The molecule has 1 aliphatic heterocycles. The second kappa shape index (κ2) is 9.79. The summed E-state index contributed by atoms with van der Waals surface area (Å²) >= 11 is 0. The summed E-state index contributed by atoms with van der Waals surface area (Å²) in [5, 5.41) is 0. The van der Waals surface area contributed by atoms with Crippen LogP contribution < -0.4 is 0 Å². The highest BCUT2D eigenvalue weighted by atomic mass is 35.5. The van der Waals surface area contributed by atoms with E-state index in [0.717, 1.165) is 35.6 Å². The van der Waals surface area contributed by atoms with Crippen molar-refractivity contribution in [3.05, 3.63) is 94.9 Å². The zero-order chi connectivity index (χ0) is 20.2. The molecule has 0 radical (unpaired) electrons. The number of hydrogen-bond donors (Lipinski definition) is 0. The molecule has 0 N–H and O–H groups in total. The highest BCUT2D eigenvalue weighted by Gasteiger charge is 2.27. The van der Waals surface area contributed by atoms with Gasteiger partial charge >= 0.3 is 0 Å². The lowest BCUT2D eigenvalue weighted by Crippen LogP contribution is -2.36. The Kier molecular flexibility index (Phi) is 7.14. The van der Waals surface area contributed by atoms with Crippen LogP contribution in [0.4, 0.5) is 0 Å². The van der Waals surface area contributed by atoms with E-state index in [2.05, 4.69) is 11.0 Å². The summed E-state index contributed by atoms with van der Waals surface area (Å²) < 4.78 is 6.05. The highest BCUT2D eigenvalue weighted by Crippen LogP contribution is 2.27. The van der Waals surface area contributed by atoms with Gasteiger partial charge in [-0.15, -0.1) is 12.4 Å². The molecule has 0 unspecified atom stereocenters. The Morgan fingerprint density at radius 3 is 2.40 bits per heavy atom. The van der Waals surface area contributed by atoms with Crippen LogP contribution in [0, 0.1) is 0 Å². The van der Waals surface area contributed by atoms with Gasteiger partial charge in [0.05, 0.1) is 13.1 Å². The number of nitrogens with zero attached hydrogens (tertiary/aromatic N) is 2. The third kappa shape index (κ3) is 5.02. The fraction of sp³-hybridized carbons (Fsp3) is 0.240. The molecule has 30 heavy (non-hydrogen) atoms. The van der Waals surface area contributed by atoms with Gasteiger partial charge in [-0.05, 0) is 49.3 Å². The predicted octanol–water partition coefficient (Wildman–Crippen LogP) is 4.89. The Labute approximate surface area is 184 Å². The van der Waals surface area contributed by atoms with E-state index in [0.29, 0.717) is 18.7 Å². The Bertz CT molecular complexity index is 1010. The van der Waals surface area contributed by atoms with Gasteiger partial charge in [-0.3, -0.25) is 4.79 Å². The average molecular weight is 423 g/mol. The molecule has 0 bridgehead atoms. The lowest BCUT2D eigenvalue weighted by atomic mass is 9.99. The molecule has 0 fully saturated rings. The summed E-state index contributed by atoms with van der Waals surface area (Å²) in [6, 6.07) is 22.0. The first-order valence-electron chi connectivity index (χ1n) is 9.97. The van der Waals surface area contributed by atoms with Crippen LogP contribution in [0.2, 0.25) is 0 Å². The van der Waals surface area contributed by atoms with Gasteiger partial charge in [0, 0.05) is 12.1 Å². The van der Waals surface area contributed by atoms with Gasteiger partial charge in [0.15, 0.2) is 0 Å². The normalized spacial score (nSPS) is 13.7. The van der Waals surface area contributed by atoms with E-state index in [1.54, 1.807) is 0 Å². The van der Waals surface area contributed by atoms with Crippen molar-refractivity contribution in [2.45, 2.75) is 19.5 Å². The van der Waals surface area contributed by atoms with Crippen LogP contribution in [-0.4, -0.2) is 36.3 Å². The average Bonchev–Trinajstić information content (AvgIpc) is 3.13. The molecule has 4 nitrogen and oxygen atoms in total. The molecule has 156 valence electrons. The first kappa shape index (κ1) is 21.9. The number of carbonyl (C=O) groups excluding carboxylic acids is 1. The third-order valence-corrected chi connectivity index (χ3v) is 5.12. The molecule has 1 aromatic heterocycles. The zero-order valence-corrected chi connectivity index (χ0v) is 18.2. The van der Waals surface area contributed by atoms with E-state index in [4.69, 9.17) is 4.42 Å². The molecule has 5 heteroatoms. The minimum absolute atomic E-state index is 0. The second-order valence-electron chi connectivity index (χ2n) is 7.71. The molecule has 2 aromatic carbocycles.